The summed E-state index contributed by atoms with van der Waals surface area (Å²) in [5.41, 5.74) is 0.709. The largest absolute Gasteiger partial charge is 0.495 e. The molecule has 1 heterocycles. The molecule has 0 spiro atoms. The van der Waals surface area contributed by atoms with Gasteiger partial charge < -0.3 is 14.8 Å². The van der Waals surface area contributed by atoms with Gasteiger partial charge in [0.15, 0.2) is 0 Å². The van der Waals surface area contributed by atoms with E-state index in [-0.39, 0.29) is 17.2 Å². The normalized spacial score (nSPS) is 23.6. The number of hydrogen-bond acceptors (Lipinski definition) is 3. The fourth-order valence-electron chi connectivity index (χ4n) is 2.77. The Hall–Kier alpha value is -0.260. The molecule has 2 rings (SSSR count). The van der Waals surface area contributed by atoms with Crippen LogP contribution < -0.4 is 10.1 Å². The lowest BCUT2D eigenvalue weighted by Gasteiger charge is -2.28. The van der Waals surface area contributed by atoms with Crippen molar-refractivity contribution in [2.75, 3.05) is 12.4 Å². The van der Waals surface area contributed by atoms with Crippen molar-refractivity contribution in [3.63, 3.8) is 0 Å². The molecular formula is C15H21Br2NO2. The zero-order valence-corrected chi connectivity index (χ0v) is 15.7. The number of anilines is 1. The molecule has 1 aliphatic heterocycles. The Morgan fingerprint density at radius 3 is 2.35 bits per heavy atom. The highest BCUT2D eigenvalue weighted by atomic mass is 79.9. The van der Waals surface area contributed by atoms with Crippen LogP contribution >= 0.6 is 31.9 Å². The SMILES string of the molecule is COc1cc(NC2CC(C)(C)OC2(C)C)c(Br)cc1Br. The highest BCUT2D eigenvalue weighted by Crippen LogP contribution is 2.41. The van der Waals surface area contributed by atoms with Gasteiger partial charge in [0.1, 0.15) is 5.75 Å². The van der Waals surface area contributed by atoms with E-state index >= 15 is 0 Å². The highest BCUT2D eigenvalue weighted by Gasteiger charge is 2.45. The third-order valence-electron chi connectivity index (χ3n) is 3.65. The molecule has 1 atom stereocenters. The van der Waals surface area contributed by atoms with E-state index < -0.39 is 0 Å². The number of halogens is 2. The molecule has 5 heteroatoms. The van der Waals surface area contributed by atoms with Gasteiger partial charge in [-0.05, 0) is 72.0 Å². The molecule has 0 bridgehead atoms. The second-order valence-electron chi connectivity index (χ2n) is 6.33. The minimum Gasteiger partial charge on any atom is -0.495 e. The van der Waals surface area contributed by atoms with Crippen molar-refractivity contribution in [2.24, 2.45) is 0 Å². The van der Waals surface area contributed by atoms with E-state index in [1.807, 2.05) is 12.1 Å². The molecule has 20 heavy (non-hydrogen) atoms. The van der Waals surface area contributed by atoms with Crippen molar-refractivity contribution in [3.8, 4) is 5.75 Å². The maximum absolute atomic E-state index is 6.12. The predicted molar refractivity (Wildman–Crippen MR) is 89.7 cm³/mol. The van der Waals surface area contributed by atoms with Crippen LogP contribution in [0, 0.1) is 0 Å². The first-order valence-electron chi connectivity index (χ1n) is 6.64. The van der Waals surface area contributed by atoms with Gasteiger partial charge in [0.05, 0.1) is 34.5 Å². The summed E-state index contributed by atoms with van der Waals surface area (Å²) in [5, 5.41) is 3.58. The van der Waals surface area contributed by atoms with E-state index in [1.54, 1.807) is 7.11 Å². The summed E-state index contributed by atoms with van der Waals surface area (Å²) in [4.78, 5) is 0. The Morgan fingerprint density at radius 1 is 1.20 bits per heavy atom. The third kappa shape index (κ3) is 3.31. The smallest absolute Gasteiger partial charge is 0.135 e. The Labute approximate surface area is 137 Å². The Kier molecular flexibility index (Phi) is 4.43. The van der Waals surface area contributed by atoms with Crippen LogP contribution in [0.5, 0.6) is 5.75 Å². The molecule has 3 nitrogen and oxygen atoms in total. The van der Waals surface area contributed by atoms with Crippen LogP contribution in [0.15, 0.2) is 21.1 Å². The number of rotatable bonds is 3. The minimum absolute atomic E-state index is 0.104. The number of hydrogen-bond donors (Lipinski definition) is 1. The van der Waals surface area contributed by atoms with Gasteiger partial charge in [-0.25, -0.2) is 0 Å². The molecule has 1 aliphatic rings. The summed E-state index contributed by atoms with van der Waals surface area (Å²) in [6.07, 6.45) is 0.963. The molecule has 1 N–H and O–H groups in total. The molecule has 0 amide bonds. The van der Waals surface area contributed by atoms with E-state index in [9.17, 15) is 0 Å². The van der Waals surface area contributed by atoms with Crippen molar-refractivity contribution in [3.05, 3.63) is 21.1 Å². The van der Waals surface area contributed by atoms with Crippen LogP contribution in [-0.4, -0.2) is 24.4 Å². The van der Waals surface area contributed by atoms with Crippen molar-refractivity contribution in [1.82, 2.24) is 0 Å². The first-order valence-corrected chi connectivity index (χ1v) is 8.23. The lowest BCUT2D eigenvalue weighted by molar-refractivity contribution is -0.0662. The lowest BCUT2D eigenvalue weighted by Crippen LogP contribution is -2.38. The number of nitrogens with one attached hydrogen (secondary N) is 1. The number of benzene rings is 1. The lowest BCUT2D eigenvalue weighted by atomic mass is 9.94. The summed E-state index contributed by atoms with van der Waals surface area (Å²) < 4.78 is 13.4. The van der Waals surface area contributed by atoms with E-state index in [0.29, 0.717) is 0 Å². The maximum atomic E-state index is 6.12. The van der Waals surface area contributed by atoms with Gasteiger partial charge in [-0.15, -0.1) is 0 Å². The quantitative estimate of drug-likeness (QED) is 0.767. The van der Waals surface area contributed by atoms with Gasteiger partial charge >= 0.3 is 0 Å². The highest BCUT2D eigenvalue weighted by molar-refractivity contribution is 9.11. The first kappa shape index (κ1) is 16.1. The average Bonchev–Trinajstić information content (AvgIpc) is 2.50. The van der Waals surface area contributed by atoms with Crippen LogP contribution in [-0.2, 0) is 4.74 Å². The van der Waals surface area contributed by atoms with Gasteiger partial charge in [-0.2, -0.15) is 0 Å². The molecule has 0 aliphatic carbocycles. The maximum Gasteiger partial charge on any atom is 0.135 e. The van der Waals surface area contributed by atoms with Gasteiger partial charge in [-0.1, -0.05) is 0 Å². The fourth-order valence-corrected chi connectivity index (χ4v) is 4.04. The molecule has 1 saturated heterocycles. The van der Waals surface area contributed by atoms with Gasteiger partial charge in [0, 0.05) is 10.5 Å². The molecule has 112 valence electrons. The number of ether oxygens (including phenoxy) is 2. The molecular weight excluding hydrogens is 386 g/mol. The average molecular weight is 407 g/mol. The molecule has 1 aromatic rings. The zero-order chi connectivity index (χ0) is 15.1. The van der Waals surface area contributed by atoms with Crippen LogP contribution in [0.3, 0.4) is 0 Å². The van der Waals surface area contributed by atoms with Crippen LogP contribution in [0.4, 0.5) is 5.69 Å². The van der Waals surface area contributed by atoms with E-state index in [0.717, 1.165) is 26.8 Å². The summed E-state index contributed by atoms with van der Waals surface area (Å²) in [6.45, 7) is 8.52. The summed E-state index contributed by atoms with van der Waals surface area (Å²) in [7, 11) is 1.67. The molecule has 1 fully saturated rings. The second-order valence-corrected chi connectivity index (χ2v) is 8.04. The Bertz CT molecular complexity index is 515. The summed E-state index contributed by atoms with van der Waals surface area (Å²) in [5.74, 6) is 0.812. The van der Waals surface area contributed by atoms with Crippen molar-refractivity contribution in [1.29, 1.82) is 0 Å². The number of methoxy groups -OCH3 is 1. The fraction of sp³-hybridized carbons (Fsp3) is 0.600. The molecule has 0 radical (unpaired) electrons. The Balaban J connectivity index is 2.26. The molecule has 0 saturated carbocycles. The second kappa shape index (κ2) is 5.50. The van der Waals surface area contributed by atoms with Gasteiger partial charge in [-0.3, -0.25) is 0 Å². The predicted octanol–water partition coefficient (Wildman–Crippen LogP) is 4.98. The van der Waals surface area contributed by atoms with Gasteiger partial charge in [0.25, 0.3) is 0 Å². The third-order valence-corrected chi connectivity index (χ3v) is 4.92. The van der Waals surface area contributed by atoms with Crippen molar-refractivity contribution in [2.45, 2.75) is 51.4 Å². The van der Waals surface area contributed by atoms with Crippen molar-refractivity contribution < 1.29 is 9.47 Å². The van der Waals surface area contributed by atoms with E-state index in [2.05, 4.69) is 64.9 Å². The van der Waals surface area contributed by atoms with Crippen LogP contribution in [0.25, 0.3) is 0 Å². The van der Waals surface area contributed by atoms with Gasteiger partial charge in [0.2, 0.25) is 0 Å². The topological polar surface area (TPSA) is 30.5 Å². The van der Waals surface area contributed by atoms with Crippen LogP contribution in [0.2, 0.25) is 0 Å². The zero-order valence-electron chi connectivity index (χ0n) is 12.5. The van der Waals surface area contributed by atoms with E-state index in [4.69, 9.17) is 9.47 Å². The molecule has 1 aromatic carbocycles. The summed E-state index contributed by atoms with van der Waals surface area (Å²) >= 11 is 7.08. The standard InChI is InChI=1S/C15H21Br2NO2/c1-14(2)8-13(15(3,4)20-14)18-11-7-12(19-5)10(17)6-9(11)16/h6-7,13,18H,8H2,1-5H3. The first-order chi connectivity index (χ1) is 9.14. The van der Waals surface area contributed by atoms with E-state index in [1.165, 1.54) is 0 Å². The van der Waals surface area contributed by atoms with Crippen LogP contribution in [0.1, 0.15) is 34.1 Å². The van der Waals surface area contributed by atoms with Crippen molar-refractivity contribution >= 4 is 37.5 Å². The monoisotopic (exact) mass is 405 g/mol. The minimum atomic E-state index is -0.205. The summed E-state index contributed by atoms with van der Waals surface area (Å²) in [6, 6.07) is 4.24. The Morgan fingerprint density at radius 2 is 1.85 bits per heavy atom. The molecule has 1 unspecified atom stereocenters. The molecule has 0 aromatic heterocycles.